The molecule has 1 aliphatic heterocycles. The fraction of sp³-hybridized carbons (Fsp3) is 0.273. The van der Waals surface area contributed by atoms with Crippen LogP contribution in [0.4, 0.5) is 18.9 Å². The van der Waals surface area contributed by atoms with E-state index in [1.165, 1.54) is 18.3 Å². The molecule has 31 heavy (non-hydrogen) atoms. The van der Waals surface area contributed by atoms with Gasteiger partial charge in [-0.3, -0.25) is 4.79 Å². The van der Waals surface area contributed by atoms with Gasteiger partial charge in [0.05, 0.1) is 36.3 Å². The zero-order chi connectivity index (χ0) is 22.2. The van der Waals surface area contributed by atoms with Crippen molar-refractivity contribution < 1.29 is 17.9 Å². The van der Waals surface area contributed by atoms with E-state index in [-0.39, 0.29) is 10.7 Å². The van der Waals surface area contributed by atoms with Crippen LogP contribution < -0.4 is 10.5 Å². The summed E-state index contributed by atoms with van der Waals surface area (Å²) in [6.45, 7) is 3.31. The molecule has 1 aliphatic rings. The number of halogens is 4. The van der Waals surface area contributed by atoms with Gasteiger partial charge < -0.3 is 9.64 Å². The Hall–Kier alpha value is -2.84. The Morgan fingerprint density at radius 3 is 2.58 bits per heavy atom. The highest BCUT2D eigenvalue weighted by molar-refractivity contribution is 6.33. The van der Waals surface area contributed by atoms with Gasteiger partial charge in [-0.15, -0.1) is 0 Å². The second kappa shape index (κ2) is 8.01. The largest absolute Gasteiger partial charge is 0.416 e. The Morgan fingerprint density at radius 2 is 1.87 bits per heavy atom. The molecule has 1 saturated heterocycles. The van der Waals surface area contributed by atoms with Crippen molar-refractivity contribution in [3.05, 3.63) is 87.3 Å². The number of anilines is 1. The molecule has 0 spiro atoms. The maximum absolute atomic E-state index is 13.0. The first-order valence-corrected chi connectivity index (χ1v) is 9.97. The quantitative estimate of drug-likeness (QED) is 0.583. The molecule has 1 aromatic heterocycles. The SMILES string of the molecule is CC1(c2ccccc2)CN(c2cnn(-c3cccc(C(F)(F)F)c3)c(=O)c2Cl)CCO1. The maximum Gasteiger partial charge on any atom is 0.416 e. The summed E-state index contributed by atoms with van der Waals surface area (Å²) >= 11 is 6.37. The first-order valence-electron chi connectivity index (χ1n) is 9.59. The van der Waals surface area contributed by atoms with Gasteiger partial charge in [-0.1, -0.05) is 48.0 Å². The van der Waals surface area contributed by atoms with Gasteiger partial charge in [0.15, 0.2) is 0 Å². The van der Waals surface area contributed by atoms with E-state index >= 15 is 0 Å². The van der Waals surface area contributed by atoms with Gasteiger partial charge in [-0.2, -0.15) is 23.0 Å². The monoisotopic (exact) mass is 449 g/mol. The van der Waals surface area contributed by atoms with Gasteiger partial charge in [0, 0.05) is 6.54 Å². The summed E-state index contributed by atoms with van der Waals surface area (Å²) in [7, 11) is 0. The van der Waals surface area contributed by atoms with Crippen molar-refractivity contribution in [1.29, 1.82) is 0 Å². The molecule has 2 heterocycles. The molecule has 0 radical (unpaired) electrons. The van der Waals surface area contributed by atoms with Gasteiger partial charge in [0.25, 0.3) is 5.56 Å². The van der Waals surface area contributed by atoms with Crippen LogP contribution in [0.5, 0.6) is 0 Å². The summed E-state index contributed by atoms with van der Waals surface area (Å²) in [4.78, 5) is 14.8. The van der Waals surface area contributed by atoms with Crippen LogP contribution in [0.15, 0.2) is 65.6 Å². The normalized spacial score (nSPS) is 19.5. The lowest BCUT2D eigenvalue weighted by molar-refractivity contribution is -0.137. The summed E-state index contributed by atoms with van der Waals surface area (Å²) in [5.74, 6) is 0. The predicted molar refractivity (Wildman–Crippen MR) is 112 cm³/mol. The molecule has 2 aromatic carbocycles. The summed E-state index contributed by atoms with van der Waals surface area (Å²) in [6.07, 6.45) is -3.13. The van der Waals surface area contributed by atoms with Crippen LogP contribution >= 0.6 is 11.6 Å². The summed E-state index contributed by atoms with van der Waals surface area (Å²) in [5.41, 5.74) is -0.776. The van der Waals surface area contributed by atoms with E-state index in [1.807, 2.05) is 42.2 Å². The third-order valence-electron chi connectivity index (χ3n) is 5.32. The molecule has 162 valence electrons. The van der Waals surface area contributed by atoms with Crippen molar-refractivity contribution >= 4 is 17.3 Å². The third kappa shape index (κ3) is 4.18. The molecular formula is C22H19ClF3N3O2. The van der Waals surface area contributed by atoms with Crippen LogP contribution in [0.25, 0.3) is 5.69 Å². The summed E-state index contributed by atoms with van der Waals surface area (Å²) in [6, 6.07) is 14.1. The highest BCUT2D eigenvalue weighted by Crippen LogP contribution is 2.34. The van der Waals surface area contributed by atoms with Crippen molar-refractivity contribution in [2.45, 2.75) is 18.7 Å². The van der Waals surface area contributed by atoms with Crippen molar-refractivity contribution in [2.75, 3.05) is 24.6 Å². The number of benzene rings is 2. The van der Waals surface area contributed by atoms with E-state index in [9.17, 15) is 18.0 Å². The second-order valence-corrected chi connectivity index (χ2v) is 7.85. The van der Waals surface area contributed by atoms with Crippen LogP contribution in [0.1, 0.15) is 18.1 Å². The first kappa shape index (κ1) is 21.4. The average Bonchev–Trinajstić information content (AvgIpc) is 2.76. The highest BCUT2D eigenvalue weighted by atomic mass is 35.5. The second-order valence-electron chi connectivity index (χ2n) is 7.48. The zero-order valence-corrected chi connectivity index (χ0v) is 17.3. The molecule has 0 saturated carbocycles. The Balaban J connectivity index is 1.68. The van der Waals surface area contributed by atoms with Gasteiger partial charge in [-0.25, -0.2) is 0 Å². The molecule has 5 nitrogen and oxygen atoms in total. The lowest BCUT2D eigenvalue weighted by atomic mass is 9.93. The predicted octanol–water partition coefficient (Wildman–Crippen LogP) is 4.66. The minimum atomic E-state index is -4.53. The van der Waals surface area contributed by atoms with Crippen molar-refractivity contribution in [1.82, 2.24) is 9.78 Å². The fourth-order valence-electron chi connectivity index (χ4n) is 3.68. The highest BCUT2D eigenvalue weighted by Gasteiger charge is 2.35. The van der Waals surface area contributed by atoms with Crippen LogP contribution in [-0.2, 0) is 16.5 Å². The average molecular weight is 450 g/mol. The van der Waals surface area contributed by atoms with E-state index in [0.29, 0.717) is 25.4 Å². The molecule has 1 fully saturated rings. The molecule has 0 amide bonds. The van der Waals surface area contributed by atoms with Crippen molar-refractivity contribution in [2.24, 2.45) is 0 Å². The number of hydrogen-bond acceptors (Lipinski definition) is 4. The molecule has 1 atom stereocenters. The van der Waals surface area contributed by atoms with Crippen LogP contribution in [-0.4, -0.2) is 29.5 Å². The Morgan fingerprint density at radius 1 is 1.13 bits per heavy atom. The topological polar surface area (TPSA) is 47.4 Å². The number of hydrogen-bond donors (Lipinski definition) is 0. The van der Waals surface area contributed by atoms with Gasteiger partial charge in [-0.05, 0) is 30.7 Å². The van der Waals surface area contributed by atoms with E-state index < -0.39 is 22.9 Å². The van der Waals surface area contributed by atoms with Crippen molar-refractivity contribution in [3.63, 3.8) is 0 Å². The minimum Gasteiger partial charge on any atom is -0.367 e. The number of ether oxygens (including phenoxy) is 1. The summed E-state index contributed by atoms with van der Waals surface area (Å²) < 4.78 is 46.0. The lowest BCUT2D eigenvalue weighted by Crippen LogP contribution is -2.48. The smallest absolute Gasteiger partial charge is 0.367 e. The lowest BCUT2D eigenvalue weighted by Gasteiger charge is -2.42. The van der Waals surface area contributed by atoms with Gasteiger partial charge in [0.2, 0.25) is 0 Å². The van der Waals surface area contributed by atoms with Gasteiger partial charge >= 0.3 is 6.18 Å². The maximum atomic E-state index is 13.0. The molecule has 4 rings (SSSR count). The van der Waals surface area contributed by atoms with Gasteiger partial charge in [0.1, 0.15) is 10.6 Å². The van der Waals surface area contributed by atoms with Crippen LogP contribution in [0.3, 0.4) is 0 Å². The molecular weight excluding hydrogens is 431 g/mol. The fourth-order valence-corrected chi connectivity index (χ4v) is 3.93. The number of morpholine rings is 1. The first-order chi connectivity index (χ1) is 14.7. The molecule has 3 aromatic rings. The Kier molecular flexibility index (Phi) is 5.53. The van der Waals surface area contributed by atoms with E-state index in [2.05, 4.69) is 5.10 Å². The number of alkyl halides is 3. The Labute approximate surface area is 181 Å². The number of nitrogens with zero attached hydrogens (tertiary/aromatic N) is 3. The van der Waals surface area contributed by atoms with E-state index in [1.54, 1.807) is 0 Å². The van der Waals surface area contributed by atoms with Crippen LogP contribution in [0, 0.1) is 0 Å². The van der Waals surface area contributed by atoms with Crippen molar-refractivity contribution in [3.8, 4) is 5.69 Å². The number of rotatable bonds is 3. The van der Waals surface area contributed by atoms with E-state index in [4.69, 9.17) is 16.3 Å². The Bertz CT molecular complexity index is 1150. The molecule has 0 bridgehead atoms. The minimum absolute atomic E-state index is 0.00984. The zero-order valence-electron chi connectivity index (χ0n) is 16.6. The molecule has 9 heteroatoms. The third-order valence-corrected chi connectivity index (χ3v) is 5.67. The summed E-state index contributed by atoms with van der Waals surface area (Å²) in [5, 5.41) is 3.99. The molecule has 0 N–H and O–H groups in total. The molecule has 0 aliphatic carbocycles. The molecule has 1 unspecified atom stereocenters. The standard InChI is InChI=1S/C22H19ClF3N3O2/c1-21(15-6-3-2-4-7-15)14-28(10-11-31-21)18-13-27-29(20(30)19(18)23)17-9-5-8-16(12-17)22(24,25)26/h2-9,12-13H,10-11,14H2,1H3. The van der Waals surface area contributed by atoms with Crippen LogP contribution in [0.2, 0.25) is 5.02 Å². The van der Waals surface area contributed by atoms with E-state index in [0.717, 1.165) is 22.4 Å². The number of aromatic nitrogens is 2.